The fraction of sp³-hybridized carbons (Fsp3) is 0.0769. The Kier molecular flexibility index (Phi) is 13.7. The average Bonchev–Trinajstić information content (AvgIpc) is 3.42. The van der Waals surface area contributed by atoms with E-state index in [9.17, 15) is 0 Å². The van der Waals surface area contributed by atoms with E-state index in [-0.39, 0.29) is 0 Å². The summed E-state index contributed by atoms with van der Waals surface area (Å²) >= 11 is 0. The maximum absolute atomic E-state index is 6.38. The topological polar surface area (TPSA) is 27.7 Å². The van der Waals surface area contributed by atoms with Crippen LogP contribution < -0.4 is 14.2 Å². The van der Waals surface area contributed by atoms with Gasteiger partial charge in [0.2, 0.25) is 0 Å². The molecule has 0 atom stereocenters. The van der Waals surface area contributed by atoms with Gasteiger partial charge in [-0.3, -0.25) is 0 Å². The molecule has 3 heteroatoms. The molecule has 9 aromatic carbocycles. The largest absolute Gasteiger partial charge is 0.489 e. The quantitative estimate of drug-likeness (QED) is 0.0804. The second-order valence-electron chi connectivity index (χ2n) is 17.2. The molecule has 0 aliphatic carbocycles. The molecule has 3 nitrogen and oxygen atoms in total. The summed E-state index contributed by atoms with van der Waals surface area (Å²) in [6.45, 7) is 16.7. The van der Waals surface area contributed by atoms with Gasteiger partial charge in [0.05, 0.1) is 0 Å². The summed E-state index contributed by atoms with van der Waals surface area (Å²) in [7, 11) is 0. The lowest BCUT2D eigenvalue weighted by atomic mass is 9.71. The highest BCUT2D eigenvalue weighted by atomic mass is 16.5. The molecule has 0 unspecified atom stereocenters. The number of benzene rings is 9. The third-order valence-corrected chi connectivity index (χ3v) is 12.7. The van der Waals surface area contributed by atoms with Crippen molar-refractivity contribution in [2.75, 3.05) is 0 Å². The molecule has 0 aromatic heterocycles. The maximum Gasteiger partial charge on any atom is 0.119 e. The fourth-order valence-electron chi connectivity index (χ4n) is 8.62. The molecule has 0 N–H and O–H groups in total. The fourth-order valence-corrected chi connectivity index (χ4v) is 8.62. The lowest BCUT2D eigenvalue weighted by Gasteiger charge is -2.32. The molecule has 0 aliphatic rings. The zero-order chi connectivity index (χ0) is 46.7. The second kappa shape index (κ2) is 20.8. The smallest absolute Gasteiger partial charge is 0.119 e. The first-order valence-corrected chi connectivity index (χ1v) is 23.0. The Bertz CT molecular complexity index is 2790. The normalized spacial score (nSPS) is 11.1. The van der Waals surface area contributed by atoms with Crippen LogP contribution in [0, 0.1) is 0 Å². The van der Waals surface area contributed by atoms with Gasteiger partial charge in [0, 0.05) is 5.41 Å². The molecule has 0 amide bonds. The Balaban J connectivity index is 0.928. The highest BCUT2D eigenvalue weighted by Gasteiger charge is 2.31. The number of rotatable bonds is 18. The molecule has 0 saturated heterocycles. The van der Waals surface area contributed by atoms with Crippen molar-refractivity contribution in [2.45, 2.75) is 32.2 Å². The summed E-state index contributed by atoms with van der Waals surface area (Å²) in [4.78, 5) is 0. The Morgan fingerprint density at radius 1 is 0.309 bits per heavy atom. The first-order valence-electron chi connectivity index (χ1n) is 23.0. The Hall–Kier alpha value is -8.40. The van der Waals surface area contributed by atoms with Crippen molar-refractivity contribution in [3.8, 4) is 17.2 Å². The zero-order valence-corrected chi connectivity index (χ0v) is 38.5. The average molecular weight is 883 g/mol. The Morgan fingerprint density at radius 2 is 0.559 bits per heavy atom. The highest BCUT2D eigenvalue weighted by molar-refractivity contribution is 5.80. The van der Waals surface area contributed by atoms with E-state index in [0.29, 0.717) is 19.8 Å². The molecule has 0 aliphatic heterocycles. The summed E-state index contributed by atoms with van der Waals surface area (Å²) in [5, 5.41) is 0. The molecule has 68 heavy (non-hydrogen) atoms. The summed E-state index contributed by atoms with van der Waals surface area (Å²) < 4.78 is 19.1. The van der Waals surface area contributed by atoms with Gasteiger partial charge in [-0.2, -0.15) is 0 Å². The van der Waals surface area contributed by atoms with E-state index in [4.69, 9.17) is 14.2 Å². The van der Waals surface area contributed by atoms with Crippen LogP contribution >= 0.6 is 0 Å². The van der Waals surface area contributed by atoms with Crippen LogP contribution in [0.2, 0.25) is 0 Å². The molecule has 0 heterocycles. The lowest BCUT2D eigenvalue weighted by molar-refractivity contribution is 0.306. The lowest BCUT2D eigenvalue weighted by Crippen LogP contribution is -2.25. The van der Waals surface area contributed by atoms with Gasteiger partial charge in [-0.25, -0.2) is 0 Å². The van der Waals surface area contributed by atoms with Crippen molar-refractivity contribution in [3.05, 3.63) is 323 Å². The van der Waals surface area contributed by atoms with Gasteiger partial charge in [-0.15, -0.1) is 0 Å². The van der Waals surface area contributed by atoms with Gasteiger partial charge in [-0.05, 0) is 145 Å². The number of hydrogen-bond donors (Lipinski definition) is 0. The van der Waals surface area contributed by atoms with Crippen molar-refractivity contribution in [1.29, 1.82) is 0 Å². The van der Waals surface area contributed by atoms with Crippen molar-refractivity contribution in [2.24, 2.45) is 0 Å². The summed E-state index contributed by atoms with van der Waals surface area (Å²) in [6, 6.07) is 81.4. The van der Waals surface area contributed by atoms with E-state index < -0.39 is 5.41 Å². The van der Waals surface area contributed by atoms with E-state index in [2.05, 4.69) is 209 Å². The van der Waals surface area contributed by atoms with Crippen LogP contribution in [0.3, 0.4) is 0 Å². The minimum Gasteiger partial charge on any atom is -0.489 e. The van der Waals surface area contributed by atoms with E-state index >= 15 is 0 Å². The van der Waals surface area contributed by atoms with Crippen LogP contribution in [0.4, 0.5) is 0 Å². The van der Waals surface area contributed by atoms with Gasteiger partial charge in [-0.1, -0.05) is 202 Å². The standard InChI is InChI=1S/C65H54O3/c1-47(53-20-8-5-9-21-53)56-26-14-17-50(41-56)44-66-62-35-29-59(30-36-62)65(4,60-31-37-63(38-32-60)67-45-51-18-15-27-57(42-51)48(2)54-22-10-6-11-23-54)61-33-39-64(40-34-61)68-46-52-19-16-28-58(43-52)49(3)55-24-12-7-13-25-55/h5-43H,1-3,44-46H2,4H3. The SMILES string of the molecule is C=C(c1ccccc1)c1cccc(COc2ccc(C(C)(c3ccc(OCc4cccc(C(=C)c5ccccc5)c4)cc3)c3ccc(OCc4cccc(C(=C)c5ccccc5)c4)cc3)cc2)c1. The maximum atomic E-state index is 6.38. The molecule has 0 saturated carbocycles. The van der Waals surface area contributed by atoms with Crippen LogP contribution in [-0.4, -0.2) is 0 Å². The predicted molar refractivity (Wildman–Crippen MR) is 281 cm³/mol. The first-order chi connectivity index (χ1) is 33.3. The molecule has 0 radical (unpaired) electrons. The van der Waals surface area contributed by atoms with Gasteiger partial charge in [0.25, 0.3) is 0 Å². The first kappa shape index (κ1) is 44.8. The van der Waals surface area contributed by atoms with Crippen LogP contribution in [-0.2, 0) is 25.2 Å². The molecule has 332 valence electrons. The van der Waals surface area contributed by atoms with Gasteiger partial charge in [0.15, 0.2) is 0 Å². The number of ether oxygens (including phenoxy) is 3. The summed E-state index contributed by atoms with van der Waals surface area (Å²) in [6.07, 6.45) is 0. The second-order valence-corrected chi connectivity index (χ2v) is 17.2. The minimum atomic E-state index is -0.528. The molecule has 9 aromatic rings. The Labute approximate surface area is 401 Å². The van der Waals surface area contributed by atoms with Crippen molar-refractivity contribution in [1.82, 2.24) is 0 Å². The third kappa shape index (κ3) is 10.5. The van der Waals surface area contributed by atoms with Gasteiger partial charge >= 0.3 is 0 Å². The highest BCUT2D eigenvalue weighted by Crippen LogP contribution is 2.41. The van der Waals surface area contributed by atoms with Crippen molar-refractivity contribution < 1.29 is 14.2 Å². The third-order valence-electron chi connectivity index (χ3n) is 12.7. The molecule has 9 rings (SSSR count). The van der Waals surface area contributed by atoms with E-state index in [1.165, 1.54) is 0 Å². The summed E-state index contributed by atoms with van der Waals surface area (Å²) in [5.41, 5.74) is 15.6. The van der Waals surface area contributed by atoms with Gasteiger partial charge in [0.1, 0.15) is 37.1 Å². The number of hydrogen-bond acceptors (Lipinski definition) is 3. The van der Waals surface area contributed by atoms with Crippen LogP contribution in [0.5, 0.6) is 17.2 Å². The van der Waals surface area contributed by atoms with Crippen LogP contribution in [0.15, 0.2) is 256 Å². The van der Waals surface area contributed by atoms with Gasteiger partial charge < -0.3 is 14.2 Å². The molecule has 0 fully saturated rings. The molecular weight excluding hydrogens is 829 g/mol. The Morgan fingerprint density at radius 3 is 0.824 bits per heavy atom. The van der Waals surface area contributed by atoms with Crippen molar-refractivity contribution >= 4 is 16.7 Å². The van der Waals surface area contributed by atoms with Crippen LogP contribution in [0.25, 0.3) is 16.7 Å². The molecule has 0 spiro atoms. The summed E-state index contributed by atoms with van der Waals surface area (Å²) in [5.74, 6) is 2.39. The zero-order valence-electron chi connectivity index (χ0n) is 38.5. The van der Waals surface area contributed by atoms with E-state index in [1.54, 1.807) is 0 Å². The van der Waals surface area contributed by atoms with E-state index in [1.807, 2.05) is 54.6 Å². The predicted octanol–water partition coefficient (Wildman–Crippen LogP) is 16.0. The van der Waals surface area contributed by atoms with E-state index in [0.717, 1.165) is 101 Å². The monoisotopic (exact) mass is 882 g/mol. The minimum absolute atomic E-state index is 0.438. The molecular formula is C65H54O3. The van der Waals surface area contributed by atoms with Crippen LogP contribution in [0.1, 0.15) is 73.7 Å². The molecule has 0 bridgehead atoms. The van der Waals surface area contributed by atoms with Crippen molar-refractivity contribution in [3.63, 3.8) is 0 Å².